The van der Waals surface area contributed by atoms with Crippen LogP contribution in [0.4, 0.5) is 0 Å². The standard InChI is InChI=1S/C13H19N3O2/c1-10-7-12(11(2)14-10)8-13(18)16-5-3-15(9-17)4-6-16/h7,9,14H,3-6,8H2,1-2H3. The molecule has 1 N–H and O–H groups in total. The van der Waals surface area contributed by atoms with E-state index < -0.39 is 0 Å². The SMILES string of the molecule is Cc1cc(CC(=O)N2CCN(C=O)CC2)c(C)[nH]1. The molecular formula is C13H19N3O2. The molecule has 0 aromatic carbocycles. The summed E-state index contributed by atoms with van der Waals surface area (Å²) >= 11 is 0. The van der Waals surface area contributed by atoms with Gasteiger partial charge >= 0.3 is 0 Å². The van der Waals surface area contributed by atoms with Gasteiger partial charge in [0.25, 0.3) is 0 Å². The normalized spacial score (nSPS) is 15.9. The number of piperazine rings is 1. The molecule has 1 fully saturated rings. The Morgan fingerprint density at radius 3 is 2.50 bits per heavy atom. The Kier molecular flexibility index (Phi) is 3.69. The molecule has 0 atom stereocenters. The first kappa shape index (κ1) is 12.7. The zero-order chi connectivity index (χ0) is 13.1. The van der Waals surface area contributed by atoms with Crippen LogP contribution in [0.3, 0.4) is 0 Å². The molecule has 1 aliphatic rings. The minimum absolute atomic E-state index is 0.141. The summed E-state index contributed by atoms with van der Waals surface area (Å²) in [5.41, 5.74) is 3.21. The highest BCUT2D eigenvalue weighted by Gasteiger charge is 2.20. The van der Waals surface area contributed by atoms with Crippen molar-refractivity contribution in [3.63, 3.8) is 0 Å². The van der Waals surface area contributed by atoms with E-state index in [0.717, 1.165) is 23.4 Å². The van der Waals surface area contributed by atoms with Gasteiger partial charge in [0.05, 0.1) is 6.42 Å². The summed E-state index contributed by atoms with van der Waals surface area (Å²) < 4.78 is 0. The van der Waals surface area contributed by atoms with Gasteiger partial charge in [0, 0.05) is 37.6 Å². The van der Waals surface area contributed by atoms with E-state index in [9.17, 15) is 9.59 Å². The second-order valence-corrected chi connectivity index (χ2v) is 4.80. The molecule has 1 saturated heterocycles. The van der Waals surface area contributed by atoms with Crippen molar-refractivity contribution in [2.45, 2.75) is 20.3 Å². The van der Waals surface area contributed by atoms with Crippen LogP contribution in [0, 0.1) is 13.8 Å². The Morgan fingerprint density at radius 1 is 1.33 bits per heavy atom. The van der Waals surface area contributed by atoms with Crippen molar-refractivity contribution in [1.82, 2.24) is 14.8 Å². The summed E-state index contributed by atoms with van der Waals surface area (Å²) in [5, 5.41) is 0. The Hall–Kier alpha value is -1.78. The number of aromatic nitrogens is 1. The van der Waals surface area contributed by atoms with E-state index in [1.54, 1.807) is 4.90 Å². The monoisotopic (exact) mass is 249 g/mol. The van der Waals surface area contributed by atoms with E-state index in [-0.39, 0.29) is 5.91 Å². The van der Waals surface area contributed by atoms with E-state index in [2.05, 4.69) is 4.98 Å². The third kappa shape index (κ3) is 2.72. The maximum atomic E-state index is 12.1. The molecule has 5 nitrogen and oxygen atoms in total. The first-order chi connectivity index (χ1) is 8.60. The summed E-state index contributed by atoms with van der Waals surface area (Å²) in [6.45, 7) is 6.53. The lowest BCUT2D eigenvalue weighted by Crippen LogP contribution is -2.48. The molecule has 0 spiro atoms. The van der Waals surface area contributed by atoms with E-state index in [4.69, 9.17) is 0 Å². The predicted molar refractivity (Wildman–Crippen MR) is 68.2 cm³/mol. The van der Waals surface area contributed by atoms with Crippen LogP contribution in [0.5, 0.6) is 0 Å². The molecule has 2 rings (SSSR count). The zero-order valence-electron chi connectivity index (χ0n) is 10.9. The number of aryl methyl sites for hydroxylation is 2. The van der Waals surface area contributed by atoms with Crippen molar-refractivity contribution < 1.29 is 9.59 Å². The number of rotatable bonds is 3. The molecule has 0 bridgehead atoms. The average molecular weight is 249 g/mol. The molecule has 1 aromatic heterocycles. The fraction of sp³-hybridized carbons (Fsp3) is 0.538. The van der Waals surface area contributed by atoms with Crippen molar-refractivity contribution in [3.8, 4) is 0 Å². The fourth-order valence-corrected chi connectivity index (χ4v) is 2.32. The smallest absolute Gasteiger partial charge is 0.227 e. The van der Waals surface area contributed by atoms with Crippen molar-refractivity contribution in [2.24, 2.45) is 0 Å². The molecule has 1 aliphatic heterocycles. The van der Waals surface area contributed by atoms with Gasteiger partial charge in [0.15, 0.2) is 0 Å². The van der Waals surface area contributed by atoms with Gasteiger partial charge in [0.1, 0.15) is 0 Å². The number of carbonyl (C=O) groups excluding carboxylic acids is 2. The van der Waals surface area contributed by atoms with Crippen LogP contribution in [-0.4, -0.2) is 53.3 Å². The predicted octanol–water partition coefficient (Wildman–Crippen LogP) is 0.475. The Balaban J connectivity index is 1.93. The fourth-order valence-electron chi connectivity index (χ4n) is 2.32. The van der Waals surface area contributed by atoms with E-state index in [0.29, 0.717) is 32.6 Å². The number of nitrogens with zero attached hydrogens (tertiary/aromatic N) is 2. The number of aromatic amines is 1. The van der Waals surface area contributed by atoms with Gasteiger partial charge in [-0.1, -0.05) is 0 Å². The third-order valence-electron chi connectivity index (χ3n) is 3.41. The zero-order valence-corrected chi connectivity index (χ0v) is 10.9. The van der Waals surface area contributed by atoms with Crippen LogP contribution in [0.1, 0.15) is 17.0 Å². The van der Waals surface area contributed by atoms with Gasteiger partial charge in [0.2, 0.25) is 12.3 Å². The largest absolute Gasteiger partial charge is 0.362 e. The molecule has 0 aliphatic carbocycles. The quantitative estimate of drug-likeness (QED) is 0.792. The lowest BCUT2D eigenvalue weighted by molar-refractivity contribution is -0.134. The summed E-state index contributed by atoms with van der Waals surface area (Å²) in [4.78, 5) is 29.5. The highest BCUT2D eigenvalue weighted by Crippen LogP contribution is 2.12. The molecule has 1 aromatic rings. The molecule has 2 heterocycles. The second-order valence-electron chi connectivity index (χ2n) is 4.80. The number of carbonyl (C=O) groups is 2. The van der Waals surface area contributed by atoms with Crippen molar-refractivity contribution in [3.05, 3.63) is 23.0 Å². The summed E-state index contributed by atoms with van der Waals surface area (Å²) in [6.07, 6.45) is 1.29. The minimum Gasteiger partial charge on any atom is -0.362 e. The minimum atomic E-state index is 0.141. The number of amides is 2. The topological polar surface area (TPSA) is 56.4 Å². The maximum absolute atomic E-state index is 12.1. The molecule has 0 unspecified atom stereocenters. The van der Waals surface area contributed by atoms with Crippen molar-refractivity contribution in [1.29, 1.82) is 0 Å². The van der Waals surface area contributed by atoms with Gasteiger partial charge in [-0.15, -0.1) is 0 Å². The van der Waals surface area contributed by atoms with Crippen LogP contribution in [-0.2, 0) is 16.0 Å². The van der Waals surface area contributed by atoms with E-state index in [1.165, 1.54) is 0 Å². The Bertz CT molecular complexity index is 445. The Labute approximate surface area is 107 Å². The molecule has 5 heteroatoms. The van der Waals surface area contributed by atoms with Crippen molar-refractivity contribution >= 4 is 12.3 Å². The van der Waals surface area contributed by atoms with Crippen LogP contribution >= 0.6 is 0 Å². The van der Waals surface area contributed by atoms with Crippen molar-refractivity contribution in [2.75, 3.05) is 26.2 Å². The summed E-state index contributed by atoms with van der Waals surface area (Å²) in [7, 11) is 0. The van der Waals surface area contributed by atoms with Gasteiger partial charge in [-0.25, -0.2) is 0 Å². The highest BCUT2D eigenvalue weighted by molar-refractivity contribution is 5.79. The summed E-state index contributed by atoms with van der Waals surface area (Å²) in [5.74, 6) is 0.141. The van der Waals surface area contributed by atoms with Gasteiger partial charge < -0.3 is 14.8 Å². The average Bonchev–Trinajstić information content (AvgIpc) is 2.68. The molecule has 2 amide bonds. The number of nitrogens with one attached hydrogen (secondary N) is 1. The molecule has 98 valence electrons. The first-order valence-corrected chi connectivity index (χ1v) is 6.22. The van der Waals surface area contributed by atoms with Gasteiger partial charge in [-0.05, 0) is 25.5 Å². The van der Waals surface area contributed by atoms with Crippen LogP contribution in [0.2, 0.25) is 0 Å². The van der Waals surface area contributed by atoms with Gasteiger partial charge in [-0.3, -0.25) is 9.59 Å². The lowest BCUT2D eigenvalue weighted by Gasteiger charge is -2.32. The third-order valence-corrected chi connectivity index (χ3v) is 3.41. The van der Waals surface area contributed by atoms with Crippen LogP contribution in [0.15, 0.2) is 6.07 Å². The second kappa shape index (κ2) is 5.25. The molecular weight excluding hydrogens is 230 g/mol. The molecule has 0 radical (unpaired) electrons. The van der Waals surface area contributed by atoms with Gasteiger partial charge in [-0.2, -0.15) is 0 Å². The number of H-pyrrole nitrogens is 1. The van der Waals surface area contributed by atoms with Crippen LogP contribution in [0.25, 0.3) is 0 Å². The number of hydrogen-bond acceptors (Lipinski definition) is 2. The van der Waals surface area contributed by atoms with Crippen LogP contribution < -0.4 is 0 Å². The molecule has 18 heavy (non-hydrogen) atoms. The molecule has 0 saturated carbocycles. The highest BCUT2D eigenvalue weighted by atomic mass is 16.2. The number of hydrogen-bond donors (Lipinski definition) is 1. The maximum Gasteiger partial charge on any atom is 0.227 e. The lowest BCUT2D eigenvalue weighted by atomic mass is 10.1. The Morgan fingerprint density at radius 2 is 2.00 bits per heavy atom. The van der Waals surface area contributed by atoms with E-state index in [1.807, 2.05) is 24.8 Å². The summed E-state index contributed by atoms with van der Waals surface area (Å²) in [6, 6.07) is 2.02. The van der Waals surface area contributed by atoms with E-state index >= 15 is 0 Å². The first-order valence-electron chi connectivity index (χ1n) is 6.22.